The van der Waals surface area contributed by atoms with E-state index in [2.05, 4.69) is 22.4 Å². The number of amides is 1. The number of thiophene rings is 1. The number of hydrogen-bond acceptors (Lipinski definition) is 8. The van der Waals surface area contributed by atoms with Crippen molar-refractivity contribution < 1.29 is 19.1 Å². The fraction of sp³-hybridized carbons (Fsp3) is 0.440. The van der Waals surface area contributed by atoms with Crippen molar-refractivity contribution in [3.63, 3.8) is 0 Å². The molecule has 10 heteroatoms. The number of thioether (sulfide) groups is 1. The molecular formula is C25H30N4O4S2. The highest BCUT2D eigenvalue weighted by Crippen LogP contribution is 2.40. The first-order valence-electron chi connectivity index (χ1n) is 11.5. The fourth-order valence-electron chi connectivity index (χ4n) is 4.20. The van der Waals surface area contributed by atoms with Crippen LogP contribution in [0.4, 0.5) is 5.00 Å². The zero-order valence-corrected chi connectivity index (χ0v) is 22.2. The lowest BCUT2D eigenvalue weighted by Gasteiger charge is -2.18. The SMILES string of the molecule is COC(=O)c1c(NC(=O)CSc2nnc(C(C)Oc3cccc(C)c3)n2C)sc2c1CCC(C)C2. The van der Waals surface area contributed by atoms with Crippen LogP contribution in [0, 0.1) is 12.8 Å². The van der Waals surface area contributed by atoms with Crippen LogP contribution in [0.15, 0.2) is 29.4 Å². The molecule has 2 heterocycles. The van der Waals surface area contributed by atoms with Gasteiger partial charge in [-0.05, 0) is 62.3 Å². The van der Waals surface area contributed by atoms with Gasteiger partial charge in [0.1, 0.15) is 10.8 Å². The number of esters is 1. The van der Waals surface area contributed by atoms with Gasteiger partial charge in [0.15, 0.2) is 17.1 Å². The Kier molecular flexibility index (Phi) is 7.81. The Balaban J connectivity index is 1.41. The minimum atomic E-state index is -0.402. The van der Waals surface area contributed by atoms with E-state index in [0.717, 1.165) is 41.0 Å². The van der Waals surface area contributed by atoms with Crippen molar-refractivity contribution in [1.29, 1.82) is 0 Å². The molecule has 0 saturated heterocycles. The summed E-state index contributed by atoms with van der Waals surface area (Å²) in [5.74, 6) is 1.53. The number of rotatable bonds is 8. The Labute approximate surface area is 213 Å². The van der Waals surface area contributed by atoms with Gasteiger partial charge in [0.2, 0.25) is 5.91 Å². The third-order valence-electron chi connectivity index (χ3n) is 6.02. The summed E-state index contributed by atoms with van der Waals surface area (Å²) in [6.07, 6.45) is 2.46. The first-order chi connectivity index (χ1) is 16.8. The number of anilines is 1. The quantitative estimate of drug-likeness (QED) is 0.335. The molecule has 0 spiro atoms. The number of carbonyl (C=O) groups is 2. The topological polar surface area (TPSA) is 95.3 Å². The van der Waals surface area contributed by atoms with Gasteiger partial charge in [0.25, 0.3) is 0 Å². The predicted molar refractivity (Wildman–Crippen MR) is 137 cm³/mol. The number of carbonyl (C=O) groups excluding carboxylic acids is 2. The van der Waals surface area contributed by atoms with E-state index in [1.54, 1.807) is 0 Å². The van der Waals surface area contributed by atoms with E-state index in [-0.39, 0.29) is 17.8 Å². The van der Waals surface area contributed by atoms with Gasteiger partial charge >= 0.3 is 5.97 Å². The molecule has 1 N–H and O–H groups in total. The van der Waals surface area contributed by atoms with Gasteiger partial charge < -0.3 is 19.4 Å². The summed E-state index contributed by atoms with van der Waals surface area (Å²) in [5.41, 5.74) is 2.63. The monoisotopic (exact) mass is 514 g/mol. The van der Waals surface area contributed by atoms with Gasteiger partial charge in [-0.3, -0.25) is 4.79 Å². The lowest BCUT2D eigenvalue weighted by Crippen LogP contribution is -2.17. The molecule has 0 bridgehead atoms. The van der Waals surface area contributed by atoms with Gasteiger partial charge in [0.05, 0.1) is 18.4 Å². The van der Waals surface area contributed by atoms with E-state index in [1.807, 2.05) is 49.7 Å². The van der Waals surface area contributed by atoms with Crippen molar-refractivity contribution in [1.82, 2.24) is 14.8 Å². The molecule has 4 rings (SSSR count). The van der Waals surface area contributed by atoms with E-state index in [1.165, 1.54) is 30.2 Å². The van der Waals surface area contributed by atoms with Crippen LogP contribution in [0.1, 0.15) is 58.6 Å². The largest absolute Gasteiger partial charge is 0.483 e. The smallest absolute Gasteiger partial charge is 0.341 e. The molecule has 2 unspecified atom stereocenters. The van der Waals surface area contributed by atoms with Crippen molar-refractivity contribution in [2.75, 3.05) is 18.2 Å². The number of nitrogens with one attached hydrogen (secondary N) is 1. The van der Waals surface area contributed by atoms with Crippen molar-refractivity contribution in [3.05, 3.63) is 51.7 Å². The Morgan fingerprint density at radius 1 is 1.34 bits per heavy atom. The standard InChI is InChI=1S/C25H30N4O4S2/c1-14-7-6-8-17(11-14)33-16(3)22-27-28-25(29(22)4)34-13-20(30)26-23-21(24(31)32-5)18-10-9-15(2)12-19(18)35-23/h6-8,11,15-16H,9-10,12-13H2,1-5H3,(H,26,30). The maximum atomic E-state index is 12.8. The van der Waals surface area contributed by atoms with Gasteiger partial charge in [-0.15, -0.1) is 21.5 Å². The second-order valence-corrected chi connectivity index (χ2v) is 10.9. The summed E-state index contributed by atoms with van der Waals surface area (Å²) in [7, 11) is 3.23. The van der Waals surface area contributed by atoms with E-state index in [4.69, 9.17) is 9.47 Å². The van der Waals surface area contributed by atoms with Crippen molar-refractivity contribution in [2.24, 2.45) is 13.0 Å². The number of hydrogen-bond donors (Lipinski definition) is 1. The van der Waals surface area contributed by atoms with Crippen LogP contribution in [-0.2, 0) is 29.4 Å². The van der Waals surface area contributed by atoms with Gasteiger partial charge in [-0.2, -0.15) is 0 Å². The number of fused-ring (bicyclic) bond motifs is 1. The summed E-state index contributed by atoms with van der Waals surface area (Å²) in [4.78, 5) is 26.4. The molecule has 2 atom stereocenters. The molecular weight excluding hydrogens is 484 g/mol. The first kappa shape index (κ1) is 25.2. The number of aromatic nitrogens is 3. The number of ether oxygens (including phenoxy) is 2. The molecule has 0 fully saturated rings. The summed E-state index contributed by atoms with van der Waals surface area (Å²) in [6, 6.07) is 7.84. The molecule has 186 valence electrons. The third-order valence-corrected chi connectivity index (χ3v) is 8.21. The highest BCUT2D eigenvalue weighted by molar-refractivity contribution is 7.99. The lowest BCUT2D eigenvalue weighted by atomic mass is 9.88. The highest BCUT2D eigenvalue weighted by atomic mass is 32.2. The summed E-state index contributed by atoms with van der Waals surface area (Å²) >= 11 is 2.77. The molecule has 35 heavy (non-hydrogen) atoms. The maximum absolute atomic E-state index is 12.8. The van der Waals surface area contributed by atoms with Crippen LogP contribution in [-0.4, -0.2) is 39.5 Å². The average Bonchev–Trinajstić information content (AvgIpc) is 3.36. The summed E-state index contributed by atoms with van der Waals surface area (Å²) < 4.78 is 12.9. The normalized spacial score (nSPS) is 15.9. The minimum Gasteiger partial charge on any atom is -0.483 e. The molecule has 1 aliphatic rings. The number of benzene rings is 1. The maximum Gasteiger partial charge on any atom is 0.341 e. The van der Waals surface area contributed by atoms with E-state index < -0.39 is 5.97 Å². The predicted octanol–water partition coefficient (Wildman–Crippen LogP) is 4.97. The Morgan fingerprint density at radius 3 is 2.89 bits per heavy atom. The second-order valence-electron chi connectivity index (χ2n) is 8.86. The zero-order chi connectivity index (χ0) is 25.1. The molecule has 1 aliphatic carbocycles. The van der Waals surface area contributed by atoms with Crippen LogP contribution in [0.2, 0.25) is 0 Å². The summed E-state index contributed by atoms with van der Waals surface area (Å²) in [6.45, 7) is 6.14. The van der Waals surface area contributed by atoms with Crippen LogP contribution in [0.3, 0.4) is 0 Å². The fourth-order valence-corrected chi connectivity index (χ4v) is 6.33. The molecule has 3 aromatic rings. The molecule has 1 amide bonds. The Hall–Kier alpha value is -2.85. The van der Waals surface area contributed by atoms with Gasteiger partial charge in [-0.25, -0.2) is 4.79 Å². The van der Waals surface area contributed by atoms with Gasteiger partial charge in [-0.1, -0.05) is 30.8 Å². The highest BCUT2D eigenvalue weighted by Gasteiger charge is 2.29. The van der Waals surface area contributed by atoms with E-state index >= 15 is 0 Å². The lowest BCUT2D eigenvalue weighted by molar-refractivity contribution is -0.113. The number of nitrogens with zero attached hydrogens (tertiary/aromatic N) is 3. The Bertz CT molecular complexity index is 1240. The van der Waals surface area contributed by atoms with Crippen molar-refractivity contribution >= 4 is 40.0 Å². The summed E-state index contributed by atoms with van der Waals surface area (Å²) in [5, 5.41) is 12.6. The minimum absolute atomic E-state index is 0.138. The van der Waals surface area contributed by atoms with Crippen molar-refractivity contribution in [2.45, 2.75) is 51.3 Å². The molecule has 0 aliphatic heterocycles. The van der Waals surface area contributed by atoms with Crippen LogP contribution in [0.5, 0.6) is 5.75 Å². The van der Waals surface area contributed by atoms with Crippen LogP contribution >= 0.6 is 23.1 Å². The number of methoxy groups -OCH3 is 1. The van der Waals surface area contributed by atoms with E-state index in [9.17, 15) is 9.59 Å². The molecule has 1 aromatic carbocycles. The zero-order valence-electron chi connectivity index (χ0n) is 20.6. The van der Waals surface area contributed by atoms with Crippen LogP contribution < -0.4 is 10.1 Å². The molecule has 2 aromatic heterocycles. The van der Waals surface area contributed by atoms with E-state index in [0.29, 0.717) is 27.5 Å². The number of aryl methyl sites for hydroxylation is 1. The molecule has 0 saturated carbocycles. The third kappa shape index (κ3) is 5.70. The average molecular weight is 515 g/mol. The van der Waals surface area contributed by atoms with Gasteiger partial charge in [0, 0.05) is 11.9 Å². The Morgan fingerprint density at radius 2 is 2.14 bits per heavy atom. The van der Waals surface area contributed by atoms with Crippen LogP contribution in [0.25, 0.3) is 0 Å². The van der Waals surface area contributed by atoms with Crippen molar-refractivity contribution in [3.8, 4) is 5.75 Å². The molecule has 0 radical (unpaired) electrons. The molecule has 8 nitrogen and oxygen atoms in total. The first-order valence-corrected chi connectivity index (χ1v) is 13.3. The second kappa shape index (κ2) is 10.8.